The molecule has 2 aromatic rings. The molecule has 0 unspecified atom stereocenters. The van der Waals surface area contributed by atoms with E-state index in [0.29, 0.717) is 11.6 Å². The van der Waals surface area contributed by atoms with Gasteiger partial charge in [0.1, 0.15) is 0 Å². The number of hydrogen-bond donors (Lipinski definition) is 2. The van der Waals surface area contributed by atoms with Gasteiger partial charge in [0.25, 0.3) is 0 Å². The number of fused-ring (bicyclic) bond motifs is 1. The summed E-state index contributed by atoms with van der Waals surface area (Å²) in [5, 5.41) is 11.6. The summed E-state index contributed by atoms with van der Waals surface area (Å²) in [6, 6.07) is 5.88. The van der Waals surface area contributed by atoms with Crippen molar-refractivity contribution in [3.63, 3.8) is 0 Å². The predicted octanol–water partition coefficient (Wildman–Crippen LogP) is 2.41. The number of nitrogens with one attached hydrogen (secondary N) is 1. The average molecular weight is 228 g/mol. The van der Waals surface area contributed by atoms with E-state index >= 15 is 0 Å². The van der Waals surface area contributed by atoms with Crippen LogP contribution in [0.4, 0.5) is 0 Å². The van der Waals surface area contributed by atoms with Crippen molar-refractivity contribution in [1.29, 1.82) is 5.41 Å². The monoisotopic (exact) mass is 228 g/mol. The summed E-state index contributed by atoms with van der Waals surface area (Å²) >= 11 is 0. The van der Waals surface area contributed by atoms with Crippen molar-refractivity contribution in [3.05, 3.63) is 41.7 Å². The molecule has 0 spiro atoms. The van der Waals surface area contributed by atoms with E-state index in [9.17, 15) is 0 Å². The zero-order valence-electron chi connectivity index (χ0n) is 10.0. The van der Waals surface area contributed by atoms with Crippen molar-refractivity contribution in [3.8, 4) is 0 Å². The second-order valence-electron chi connectivity index (χ2n) is 4.23. The minimum atomic E-state index is 0.294. The van der Waals surface area contributed by atoms with Crippen molar-refractivity contribution in [2.45, 2.75) is 19.8 Å². The third-order valence-corrected chi connectivity index (χ3v) is 2.67. The summed E-state index contributed by atoms with van der Waals surface area (Å²) in [6.07, 6.45) is 4.70. The second kappa shape index (κ2) is 4.41. The van der Waals surface area contributed by atoms with Gasteiger partial charge in [-0.25, -0.2) is 4.52 Å². The van der Waals surface area contributed by atoms with Crippen molar-refractivity contribution in [2.24, 2.45) is 5.73 Å². The first-order valence-corrected chi connectivity index (χ1v) is 5.59. The standard InChI is InChI=1S/C13H16N4/c1-9(2)13-12(10(15)6-7-14)11-5-3-4-8-17(11)16-13/h3-9,14H,15H2,1-2H3/b10-6-,14-7?. The fraction of sp³-hybridized carbons (Fsp3) is 0.231. The smallest absolute Gasteiger partial charge is 0.0757 e. The van der Waals surface area contributed by atoms with Crippen LogP contribution < -0.4 is 5.73 Å². The first-order chi connectivity index (χ1) is 8.15. The van der Waals surface area contributed by atoms with E-state index in [4.69, 9.17) is 11.1 Å². The molecule has 2 heterocycles. The number of aromatic nitrogens is 2. The van der Waals surface area contributed by atoms with E-state index < -0.39 is 0 Å². The Labute approximate surface area is 100 Å². The summed E-state index contributed by atoms with van der Waals surface area (Å²) in [5.41, 5.74) is 9.48. The summed E-state index contributed by atoms with van der Waals surface area (Å²) < 4.78 is 1.83. The lowest BCUT2D eigenvalue weighted by molar-refractivity contribution is 0.786. The normalized spacial score (nSPS) is 12.3. The number of allylic oxidation sites excluding steroid dienone is 1. The first-order valence-electron chi connectivity index (χ1n) is 5.59. The topological polar surface area (TPSA) is 67.2 Å². The molecule has 0 amide bonds. The third kappa shape index (κ3) is 1.93. The van der Waals surface area contributed by atoms with Crippen LogP contribution in [-0.4, -0.2) is 15.8 Å². The van der Waals surface area contributed by atoms with Gasteiger partial charge >= 0.3 is 0 Å². The van der Waals surface area contributed by atoms with E-state index in [2.05, 4.69) is 18.9 Å². The number of pyridine rings is 1. The number of hydrogen-bond acceptors (Lipinski definition) is 3. The van der Waals surface area contributed by atoms with Crippen LogP contribution in [0.3, 0.4) is 0 Å². The molecule has 4 heteroatoms. The van der Waals surface area contributed by atoms with E-state index in [1.54, 1.807) is 6.08 Å². The second-order valence-corrected chi connectivity index (χ2v) is 4.23. The molecule has 0 radical (unpaired) electrons. The molecular weight excluding hydrogens is 212 g/mol. The third-order valence-electron chi connectivity index (χ3n) is 2.67. The number of nitrogens with two attached hydrogens (primary N) is 1. The van der Waals surface area contributed by atoms with E-state index in [0.717, 1.165) is 16.8 Å². The Kier molecular flexibility index (Phi) is 2.95. The molecule has 0 aliphatic heterocycles. The van der Waals surface area contributed by atoms with Gasteiger partial charge in [-0.2, -0.15) is 5.10 Å². The molecule has 0 bridgehead atoms. The van der Waals surface area contributed by atoms with Crippen LogP contribution >= 0.6 is 0 Å². The van der Waals surface area contributed by atoms with Crippen LogP contribution in [-0.2, 0) is 0 Å². The molecule has 0 aliphatic rings. The van der Waals surface area contributed by atoms with Gasteiger partial charge in [-0.15, -0.1) is 0 Å². The van der Waals surface area contributed by atoms with Crippen molar-refractivity contribution >= 4 is 17.4 Å². The Morgan fingerprint density at radius 3 is 2.88 bits per heavy atom. The Bertz CT molecular complexity index is 578. The van der Waals surface area contributed by atoms with E-state index in [1.807, 2.05) is 28.9 Å². The molecule has 0 fully saturated rings. The van der Waals surface area contributed by atoms with E-state index in [1.165, 1.54) is 6.21 Å². The molecular formula is C13H16N4. The lowest BCUT2D eigenvalue weighted by Crippen LogP contribution is -2.01. The Hall–Kier alpha value is -2.10. The SMILES string of the molecule is CC(C)c1nn2ccccc2c1/C(N)=C/C=N. The van der Waals surface area contributed by atoms with Gasteiger partial charge in [0.15, 0.2) is 0 Å². The van der Waals surface area contributed by atoms with Crippen molar-refractivity contribution in [1.82, 2.24) is 9.61 Å². The minimum Gasteiger partial charge on any atom is -0.398 e. The molecule has 3 N–H and O–H groups in total. The molecule has 0 saturated carbocycles. The zero-order valence-corrected chi connectivity index (χ0v) is 10.0. The van der Waals surface area contributed by atoms with Gasteiger partial charge < -0.3 is 11.1 Å². The number of nitrogens with zero attached hydrogens (tertiary/aromatic N) is 2. The van der Waals surface area contributed by atoms with E-state index in [-0.39, 0.29) is 0 Å². The van der Waals surface area contributed by atoms with Crippen LogP contribution in [0.5, 0.6) is 0 Å². The minimum absolute atomic E-state index is 0.294. The van der Waals surface area contributed by atoms with Crippen molar-refractivity contribution < 1.29 is 0 Å². The summed E-state index contributed by atoms with van der Waals surface area (Å²) in [7, 11) is 0. The Morgan fingerprint density at radius 2 is 2.24 bits per heavy atom. The van der Waals surface area contributed by atoms with Crippen LogP contribution in [0.2, 0.25) is 0 Å². The zero-order chi connectivity index (χ0) is 12.4. The molecule has 88 valence electrons. The molecule has 0 atom stereocenters. The lowest BCUT2D eigenvalue weighted by Gasteiger charge is -2.05. The average Bonchev–Trinajstić information content (AvgIpc) is 2.68. The quantitative estimate of drug-likeness (QED) is 0.792. The molecule has 2 aromatic heterocycles. The maximum absolute atomic E-state index is 7.11. The van der Waals surface area contributed by atoms with Gasteiger partial charge in [-0.3, -0.25) is 0 Å². The van der Waals surface area contributed by atoms with Crippen LogP contribution in [0, 0.1) is 5.41 Å². The predicted molar refractivity (Wildman–Crippen MR) is 70.2 cm³/mol. The lowest BCUT2D eigenvalue weighted by atomic mass is 10.0. The summed E-state index contributed by atoms with van der Waals surface area (Å²) in [6.45, 7) is 4.17. The highest BCUT2D eigenvalue weighted by Gasteiger charge is 2.16. The fourth-order valence-corrected chi connectivity index (χ4v) is 1.89. The van der Waals surface area contributed by atoms with Crippen molar-refractivity contribution in [2.75, 3.05) is 0 Å². The van der Waals surface area contributed by atoms with Gasteiger partial charge in [-0.05, 0) is 24.1 Å². The van der Waals surface area contributed by atoms with Gasteiger partial charge in [0.2, 0.25) is 0 Å². The highest BCUT2D eigenvalue weighted by atomic mass is 15.2. The maximum Gasteiger partial charge on any atom is 0.0757 e. The largest absolute Gasteiger partial charge is 0.398 e. The number of rotatable bonds is 3. The summed E-state index contributed by atoms with van der Waals surface area (Å²) in [4.78, 5) is 0. The van der Waals surface area contributed by atoms with Crippen LogP contribution in [0.1, 0.15) is 31.0 Å². The maximum atomic E-state index is 7.11. The van der Waals surface area contributed by atoms with Crippen LogP contribution in [0.15, 0.2) is 30.5 Å². The molecule has 0 aliphatic carbocycles. The molecule has 17 heavy (non-hydrogen) atoms. The molecule has 0 aromatic carbocycles. The van der Waals surface area contributed by atoms with Gasteiger partial charge in [0, 0.05) is 23.7 Å². The van der Waals surface area contributed by atoms with Crippen LogP contribution in [0.25, 0.3) is 11.2 Å². The van der Waals surface area contributed by atoms with Gasteiger partial charge in [-0.1, -0.05) is 19.9 Å². The Morgan fingerprint density at radius 1 is 1.47 bits per heavy atom. The highest BCUT2D eigenvalue weighted by molar-refractivity contribution is 5.87. The molecule has 4 nitrogen and oxygen atoms in total. The molecule has 2 rings (SSSR count). The first kappa shape index (κ1) is 11.4. The fourth-order valence-electron chi connectivity index (χ4n) is 1.89. The summed E-state index contributed by atoms with van der Waals surface area (Å²) in [5.74, 6) is 0.294. The molecule has 0 saturated heterocycles. The van der Waals surface area contributed by atoms with Gasteiger partial charge in [0.05, 0.1) is 11.2 Å². The Balaban J connectivity index is 2.76. The highest BCUT2D eigenvalue weighted by Crippen LogP contribution is 2.26.